The number of nitrogens with zero attached hydrogens (tertiary/aromatic N) is 1. The Hall–Kier alpha value is -0.630. The summed E-state index contributed by atoms with van der Waals surface area (Å²) in [5, 5.41) is 11.7. The Morgan fingerprint density at radius 2 is 2.62 bits per heavy atom. The highest BCUT2D eigenvalue weighted by Crippen LogP contribution is 2.07. The van der Waals surface area contributed by atoms with Crippen LogP contribution in [-0.2, 0) is 9.47 Å². The molecule has 2 unspecified atom stereocenters. The van der Waals surface area contributed by atoms with E-state index in [9.17, 15) is 0 Å². The molecular weight excluding hydrogens is 168 g/mol. The van der Waals surface area contributed by atoms with E-state index in [0.717, 1.165) is 19.6 Å². The number of rotatable bonds is 5. The molecule has 1 aliphatic rings. The molecule has 0 bridgehead atoms. The van der Waals surface area contributed by atoms with Gasteiger partial charge in [0.15, 0.2) is 0 Å². The number of nitrogens with one attached hydrogen (secondary N) is 1. The molecule has 0 saturated carbocycles. The average molecular weight is 184 g/mol. The third-order valence-corrected chi connectivity index (χ3v) is 1.99. The van der Waals surface area contributed by atoms with Crippen molar-refractivity contribution in [1.29, 1.82) is 5.26 Å². The Morgan fingerprint density at radius 3 is 3.15 bits per heavy atom. The molecule has 0 aromatic heterocycles. The number of hydrogen-bond donors (Lipinski definition) is 1. The van der Waals surface area contributed by atoms with Crippen molar-refractivity contribution in [2.75, 3.05) is 26.4 Å². The lowest BCUT2D eigenvalue weighted by Crippen LogP contribution is -2.33. The highest BCUT2D eigenvalue weighted by atomic mass is 16.5. The first-order chi connectivity index (χ1) is 6.36. The van der Waals surface area contributed by atoms with Gasteiger partial charge in [-0.05, 0) is 13.0 Å². The summed E-state index contributed by atoms with van der Waals surface area (Å²) in [5.41, 5.74) is 0. The van der Waals surface area contributed by atoms with Crippen molar-refractivity contribution in [2.45, 2.75) is 25.5 Å². The summed E-state index contributed by atoms with van der Waals surface area (Å²) >= 11 is 0. The Labute approximate surface area is 78.8 Å². The van der Waals surface area contributed by atoms with Gasteiger partial charge in [0.2, 0.25) is 0 Å². The van der Waals surface area contributed by atoms with E-state index in [4.69, 9.17) is 14.7 Å². The predicted octanol–water partition coefficient (Wildman–Crippen LogP) is 0.294. The molecule has 0 spiro atoms. The number of nitriles is 1. The van der Waals surface area contributed by atoms with Gasteiger partial charge in [-0.3, -0.25) is 0 Å². The molecule has 74 valence electrons. The molecule has 2 atom stereocenters. The fourth-order valence-corrected chi connectivity index (χ4v) is 1.26. The van der Waals surface area contributed by atoms with E-state index in [-0.39, 0.29) is 12.1 Å². The van der Waals surface area contributed by atoms with Crippen molar-refractivity contribution in [2.24, 2.45) is 0 Å². The van der Waals surface area contributed by atoms with E-state index >= 15 is 0 Å². The largest absolute Gasteiger partial charge is 0.379 e. The summed E-state index contributed by atoms with van der Waals surface area (Å²) in [6.45, 7) is 4.68. The molecule has 0 amide bonds. The maximum Gasteiger partial charge on any atom is 0.119 e. The van der Waals surface area contributed by atoms with Gasteiger partial charge in [-0.1, -0.05) is 6.92 Å². The van der Waals surface area contributed by atoms with E-state index < -0.39 is 0 Å². The Balaban J connectivity index is 2.12. The van der Waals surface area contributed by atoms with Crippen LogP contribution in [0.5, 0.6) is 0 Å². The zero-order valence-corrected chi connectivity index (χ0v) is 7.95. The summed E-state index contributed by atoms with van der Waals surface area (Å²) in [4.78, 5) is 0. The molecule has 0 aromatic carbocycles. The molecule has 1 aliphatic heterocycles. The van der Waals surface area contributed by atoms with Crippen molar-refractivity contribution in [1.82, 2.24) is 5.32 Å². The van der Waals surface area contributed by atoms with Crippen LogP contribution in [0.4, 0.5) is 0 Å². The third-order valence-electron chi connectivity index (χ3n) is 1.99. The van der Waals surface area contributed by atoms with E-state index in [1.807, 2.05) is 6.92 Å². The standard InChI is InChI=1S/C9H16N2O2/c1-2-11-8(5-10)6-13-9-3-4-12-7-9/h8-9,11H,2-4,6-7H2,1H3. The minimum atomic E-state index is -0.189. The van der Waals surface area contributed by atoms with Gasteiger partial charge in [0.1, 0.15) is 6.04 Å². The van der Waals surface area contributed by atoms with Gasteiger partial charge in [-0.15, -0.1) is 0 Å². The van der Waals surface area contributed by atoms with E-state index in [1.165, 1.54) is 0 Å². The normalized spacial score (nSPS) is 24.2. The monoisotopic (exact) mass is 184 g/mol. The second kappa shape index (κ2) is 5.92. The zero-order chi connectivity index (χ0) is 9.52. The van der Waals surface area contributed by atoms with Gasteiger partial charge in [-0.25, -0.2) is 0 Å². The summed E-state index contributed by atoms with van der Waals surface area (Å²) in [6.07, 6.45) is 1.14. The maximum atomic E-state index is 8.71. The fraction of sp³-hybridized carbons (Fsp3) is 0.889. The number of ether oxygens (including phenoxy) is 2. The van der Waals surface area contributed by atoms with E-state index in [0.29, 0.717) is 13.2 Å². The molecule has 1 heterocycles. The predicted molar refractivity (Wildman–Crippen MR) is 48.3 cm³/mol. The van der Waals surface area contributed by atoms with Crippen molar-refractivity contribution >= 4 is 0 Å². The first kappa shape index (κ1) is 10.5. The second-order valence-electron chi connectivity index (χ2n) is 3.06. The molecule has 4 heteroatoms. The lowest BCUT2D eigenvalue weighted by molar-refractivity contribution is 0.0371. The highest BCUT2D eigenvalue weighted by Gasteiger charge is 2.17. The van der Waals surface area contributed by atoms with Crippen LogP contribution in [0.15, 0.2) is 0 Å². The minimum Gasteiger partial charge on any atom is -0.379 e. The van der Waals surface area contributed by atoms with Crippen LogP contribution < -0.4 is 5.32 Å². The Morgan fingerprint density at radius 1 is 1.77 bits per heavy atom. The molecule has 4 nitrogen and oxygen atoms in total. The molecular formula is C9H16N2O2. The smallest absolute Gasteiger partial charge is 0.119 e. The van der Waals surface area contributed by atoms with Crippen LogP contribution in [0.1, 0.15) is 13.3 Å². The topological polar surface area (TPSA) is 54.3 Å². The van der Waals surface area contributed by atoms with Crippen molar-refractivity contribution in [3.05, 3.63) is 0 Å². The fourth-order valence-electron chi connectivity index (χ4n) is 1.26. The summed E-state index contributed by atoms with van der Waals surface area (Å²) in [6, 6.07) is 1.96. The quantitative estimate of drug-likeness (QED) is 0.667. The van der Waals surface area contributed by atoms with Crippen LogP contribution in [0.2, 0.25) is 0 Å². The zero-order valence-electron chi connectivity index (χ0n) is 7.95. The number of likely N-dealkylation sites (N-methyl/N-ethyl adjacent to an activating group) is 1. The lowest BCUT2D eigenvalue weighted by Gasteiger charge is -2.13. The summed E-state index contributed by atoms with van der Waals surface area (Å²) < 4.78 is 10.7. The van der Waals surface area contributed by atoms with Gasteiger partial charge in [0, 0.05) is 6.61 Å². The van der Waals surface area contributed by atoms with Crippen molar-refractivity contribution < 1.29 is 9.47 Å². The third kappa shape index (κ3) is 3.73. The Bertz CT molecular complexity index is 173. The van der Waals surface area contributed by atoms with Crippen LogP contribution in [0.25, 0.3) is 0 Å². The van der Waals surface area contributed by atoms with Gasteiger partial charge in [0.05, 0.1) is 25.4 Å². The molecule has 1 N–H and O–H groups in total. The van der Waals surface area contributed by atoms with Crippen LogP contribution in [0, 0.1) is 11.3 Å². The van der Waals surface area contributed by atoms with Gasteiger partial charge >= 0.3 is 0 Å². The number of hydrogen-bond acceptors (Lipinski definition) is 4. The van der Waals surface area contributed by atoms with Crippen LogP contribution in [0.3, 0.4) is 0 Å². The summed E-state index contributed by atoms with van der Waals surface area (Å²) in [5.74, 6) is 0. The molecule has 0 aliphatic carbocycles. The summed E-state index contributed by atoms with van der Waals surface area (Å²) in [7, 11) is 0. The molecule has 0 aromatic rings. The SMILES string of the molecule is CCNC(C#N)COC1CCOC1. The minimum absolute atomic E-state index is 0.189. The molecule has 1 rings (SSSR count). The van der Waals surface area contributed by atoms with E-state index in [2.05, 4.69) is 11.4 Å². The van der Waals surface area contributed by atoms with Gasteiger partial charge in [0.25, 0.3) is 0 Å². The van der Waals surface area contributed by atoms with Gasteiger partial charge < -0.3 is 14.8 Å². The lowest BCUT2D eigenvalue weighted by atomic mass is 10.3. The first-order valence-electron chi connectivity index (χ1n) is 4.69. The Kier molecular flexibility index (Phi) is 4.76. The molecule has 1 fully saturated rings. The van der Waals surface area contributed by atoms with Crippen LogP contribution >= 0.6 is 0 Å². The van der Waals surface area contributed by atoms with Crippen molar-refractivity contribution in [3.63, 3.8) is 0 Å². The maximum absolute atomic E-state index is 8.71. The average Bonchev–Trinajstić information content (AvgIpc) is 2.64. The highest BCUT2D eigenvalue weighted by molar-refractivity contribution is 4.89. The molecule has 13 heavy (non-hydrogen) atoms. The van der Waals surface area contributed by atoms with E-state index in [1.54, 1.807) is 0 Å². The van der Waals surface area contributed by atoms with Crippen LogP contribution in [-0.4, -0.2) is 38.5 Å². The molecule has 0 radical (unpaired) electrons. The van der Waals surface area contributed by atoms with Gasteiger partial charge in [-0.2, -0.15) is 5.26 Å². The first-order valence-corrected chi connectivity index (χ1v) is 4.69. The molecule has 1 saturated heterocycles. The second-order valence-corrected chi connectivity index (χ2v) is 3.06. The van der Waals surface area contributed by atoms with Crippen molar-refractivity contribution in [3.8, 4) is 6.07 Å².